The number of allylic oxidation sites excluding steroid dienone is 4. The largest absolute Gasteiger partial charge is 0.466 e. The van der Waals surface area contributed by atoms with Crippen LogP contribution in [-0.2, 0) is 14.3 Å². The highest BCUT2D eigenvalue weighted by molar-refractivity contribution is 5.76. The number of amides is 1. The molecule has 0 aliphatic rings. The predicted molar refractivity (Wildman–Crippen MR) is 250 cm³/mol. The lowest BCUT2D eigenvalue weighted by molar-refractivity contribution is -0.143. The zero-order chi connectivity index (χ0) is 42.3. The summed E-state index contributed by atoms with van der Waals surface area (Å²) in [6, 6.07) is -0.559. The monoisotopic (exact) mass is 818 g/mol. The van der Waals surface area contributed by atoms with Gasteiger partial charge < -0.3 is 20.3 Å². The highest BCUT2D eigenvalue weighted by atomic mass is 16.5. The van der Waals surface area contributed by atoms with E-state index in [4.69, 9.17) is 4.74 Å². The van der Waals surface area contributed by atoms with Gasteiger partial charge in [0.25, 0.3) is 0 Å². The molecule has 0 aromatic rings. The van der Waals surface area contributed by atoms with Crippen molar-refractivity contribution in [1.82, 2.24) is 5.32 Å². The van der Waals surface area contributed by atoms with E-state index in [1.54, 1.807) is 0 Å². The van der Waals surface area contributed by atoms with Gasteiger partial charge in [-0.25, -0.2) is 0 Å². The first-order valence-electron chi connectivity index (χ1n) is 25.6. The number of rotatable bonds is 47. The Hall–Kier alpha value is -1.66. The molecule has 0 radical (unpaired) electrons. The quantitative estimate of drug-likeness (QED) is 0.0323. The van der Waals surface area contributed by atoms with E-state index in [1.807, 2.05) is 0 Å². The van der Waals surface area contributed by atoms with Gasteiger partial charge in [0.1, 0.15) is 0 Å². The van der Waals surface area contributed by atoms with Crippen molar-refractivity contribution in [2.75, 3.05) is 13.2 Å². The van der Waals surface area contributed by atoms with E-state index in [2.05, 4.69) is 43.5 Å². The number of carbonyl (C=O) groups excluding carboxylic acids is 2. The van der Waals surface area contributed by atoms with Gasteiger partial charge in [-0.15, -0.1) is 0 Å². The van der Waals surface area contributed by atoms with Crippen LogP contribution < -0.4 is 5.32 Å². The molecule has 3 N–H and O–H groups in total. The maximum absolute atomic E-state index is 12.4. The number of unbranched alkanes of at least 4 members (excludes halogenated alkanes) is 32. The summed E-state index contributed by atoms with van der Waals surface area (Å²) >= 11 is 0. The first-order valence-corrected chi connectivity index (χ1v) is 25.6. The van der Waals surface area contributed by atoms with Crippen LogP contribution in [-0.4, -0.2) is 47.4 Å². The molecule has 6 nitrogen and oxygen atoms in total. The molecule has 1 amide bonds. The Bertz CT molecular complexity index is 904. The maximum Gasteiger partial charge on any atom is 0.305 e. The fourth-order valence-electron chi connectivity index (χ4n) is 7.74. The van der Waals surface area contributed by atoms with Crippen LogP contribution in [0.4, 0.5) is 0 Å². The summed E-state index contributed by atoms with van der Waals surface area (Å²) in [5.74, 6) is -0.0920. The summed E-state index contributed by atoms with van der Waals surface area (Å²) < 4.78 is 5.44. The molecule has 0 saturated carbocycles. The van der Waals surface area contributed by atoms with Crippen LogP contribution in [0.2, 0.25) is 0 Å². The van der Waals surface area contributed by atoms with Crippen molar-refractivity contribution in [3.05, 3.63) is 24.3 Å². The van der Waals surface area contributed by atoms with Gasteiger partial charge in [-0.2, -0.15) is 0 Å². The summed E-state index contributed by atoms with van der Waals surface area (Å²) in [6.07, 6.45) is 55.7. The molecule has 6 heteroatoms. The minimum atomic E-state index is -0.679. The van der Waals surface area contributed by atoms with E-state index in [0.717, 1.165) is 77.0 Å². The normalized spacial score (nSPS) is 12.8. The van der Waals surface area contributed by atoms with Crippen molar-refractivity contribution < 1.29 is 24.5 Å². The summed E-state index contributed by atoms with van der Waals surface area (Å²) in [4.78, 5) is 24.4. The molecule has 0 fully saturated rings. The SMILES string of the molecule is CCCCCCCCC/C=C\CCCCCCCC(=O)OCCCCC/C=C\CCCCCCCC(=O)NC(CO)C(O)CCCCCCCCCCCCCCC. The molecular formula is C52H99NO5. The third-order valence-corrected chi connectivity index (χ3v) is 11.7. The lowest BCUT2D eigenvalue weighted by Crippen LogP contribution is -2.45. The molecule has 342 valence electrons. The van der Waals surface area contributed by atoms with E-state index in [0.29, 0.717) is 25.9 Å². The molecule has 0 aromatic carbocycles. The van der Waals surface area contributed by atoms with Crippen LogP contribution >= 0.6 is 0 Å². The number of aliphatic hydroxyl groups is 2. The first kappa shape index (κ1) is 56.3. The van der Waals surface area contributed by atoms with Crippen molar-refractivity contribution in [2.45, 2.75) is 283 Å². The smallest absolute Gasteiger partial charge is 0.305 e. The number of ether oxygens (including phenoxy) is 1. The fourth-order valence-corrected chi connectivity index (χ4v) is 7.74. The van der Waals surface area contributed by atoms with E-state index in [1.165, 1.54) is 161 Å². The van der Waals surface area contributed by atoms with Gasteiger partial charge in [-0.05, 0) is 83.5 Å². The highest BCUT2D eigenvalue weighted by Gasteiger charge is 2.20. The zero-order valence-corrected chi connectivity index (χ0v) is 38.8. The van der Waals surface area contributed by atoms with Crippen LogP contribution in [0.3, 0.4) is 0 Å². The predicted octanol–water partition coefficient (Wildman–Crippen LogP) is 15.1. The van der Waals surface area contributed by atoms with Gasteiger partial charge >= 0.3 is 5.97 Å². The minimum Gasteiger partial charge on any atom is -0.466 e. The van der Waals surface area contributed by atoms with Crippen molar-refractivity contribution in [2.24, 2.45) is 0 Å². The van der Waals surface area contributed by atoms with Crippen molar-refractivity contribution >= 4 is 11.9 Å². The first-order chi connectivity index (χ1) is 28.5. The Kier molecular flexibility index (Phi) is 46.6. The molecular weight excluding hydrogens is 719 g/mol. The second kappa shape index (κ2) is 48.0. The lowest BCUT2D eigenvalue weighted by atomic mass is 10.0. The van der Waals surface area contributed by atoms with Crippen molar-refractivity contribution in [1.29, 1.82) is 0 Å². The van der Waals surface area contributed by atoms with Crippen LogP contribution in [0, 0.1) is 0 Å². The lowest BCUT2D eigenvalue weighted by Gasteiger charge is -2.22. The second-order valence-corrected chi connectivity index (χ2v) is 17.5. The van der Waals surface area contributed by atoms with E-state index < -0.39 is 12.1 Å². The molecule has 0 saturated heterocycles. The van der Waals surface area contributed by atoms with Gasteiger partial charge in [0.2, 0.25) is 5.91 Å². The molecule has 58 heavy (non-hydrogen) atoms. The summed E-state index contributed by atoms with van der Waals surface area (Å²) in [5, 5.41) is 23.2. The molecule has 0 aromatic heterocycles. The number of carbonyl (C=O) groups is 2. The molecule has 2 atom stereocenters. The van der Waals surface area contributed by atoms with E-state index >= 15 is 0 Å². The van der Waals surface area contributed by atoms with Crippen LogP contribution in [0.5, 0.6) is 0 Å². The summed E-state index contributed by atoms with van der Waals surface area (Å²) in [6.45, 7) is 4.88. The Morgan fingerprint density at radius 2 is 0.810 bits per heavy atom. The summed E-state index contributed by atoms with van der Waals surface area (Å²) in [7, 11) is 0. The van der Waals surface area contributed by atoms with Crippen molar-refractivity contribution in [3.63, 3.8) is 0 Å². The molecule has 0 bridgehead atoms. The number of hydrogen-bond donors (Lipinski definition) is 3. The Labute approximate surface area is 361 Å². The number of aliphatic hydroxyl groups excluding tert-OH is 2. The number of esters is 1. The topological polar surface area (TPSA) is 95.9 Å². The van der Waals surface area contributed by atoms with Crippen LogP contribution in [0.25, 0.3) is 0 Å². The third-order valence-electron chi connectivity index (χ3n) is 11.7. The average molecular weight is 818 g/mol. The zero-order valence-electron chi connectivity index (χ0n) is 38.8. The standard InChI is InChI=1S/C52H99NO5/c1-3-5-7-9-11-13-15-17-18-19-21-26-30-34-38-42-46-52(57)58-47-43-39-35-31-27-23-22-25-29-33-37-41-45-51(56)53-49(48-54)50(55)44-40-36-32-28-24-20-16-14-12-10-8-6-4-2/h18-19,23,27,49-50,54-55H,3-17,20-22,24-26,28-48H2,1-2H3,(H,53,56)/b19-18-,27-23-. The summed E-state index contributed by atoms with van der Waals surface area (Å²) in [5.41, 5.74) is 0. The number of hydrogen-bond acceptors (Lipinski definition) is 5. The Morgan fingerprint density at radius 3 is 1.22 bits per heavy atom. The van der Waals surface area contributed by atoms with Gasteiger partial charge in [-0.1, -0.05) is 199 Å². The number of nitrogens with one attached hydrogen (secondary N) is 1. The van der Waals surface area contributed by atoms with Gasteiger partial charge in [0, 0.05) is 12.8 Å². The molecule has 0 spiro atoms. The highest BCUT2D eigenvalue weighted by Crippen LogP contribution is 2.16. The molecule has 0 aliphatic heterocycles. The second-order valence-electron chi connectivity index (χ2n) is 17.5. The van der Waals surface area contributed by atoms with Crippen LogP contribution in [0.1, 0.15) is 271 Å². The molecule has 0 aliphatic carbocycles. The van der Waals surface area contributed by atoms with E-state index in [9.17, 15) is 19.8 Å². The fraction of sp³-hybridized carbons (Fsp3) is 0.885. The maximum atomic E-state index is 12.4. The van der Waals surface area contributed by atoms with E-state index in [-0.39, 0.29) is 18.5 Å². The molecule has 2 unspecified atom stereocenters. The van der Waals surface area contributed by atoms with Crippen LogP contribution in [0.15, 0.2) is 24.3 Å². The minimum absolute atomic E-state index is 0.0304. The molecule has 0 heterocycles. The molecule has 0 rings (SSSR count). The Morgan fingerprint density at radius 1 is 0.466 bits per heavy atom. The Balaban J connectivity index is 3.50. The van der Waals surface area contributed by atoms with Crippen molar-refractivity contribution in [3.8, 4) is 0 Å². The third kappa shape index (κ3) is 43.9. The van der Waals surface area contributed by atoms with Gasteiger partial charge in [-0.3, -0.25) is 9.59 Å². The average Bonchev–Trinajstić information content (AvgIpc) is 3.22. The van der Waals surface area contributed by atoms with Gasteiger partial charge in [0.05, 0.1) is 25.4 Å². The van der Waals surface area contributed by atoms with Gasteiger partial charge in [0.15, 0.2) is 0 Å².